The SMILES string of the molecule is COc1ccc(C(CC(=O)N2CCc3ccccc3C2)NC(C)=O)cc1. The minimum absolute atomic E-state index is 0.0501. The molecule has 5 nitrogen and oxygen atoms in total. The van der Waals surface area contributed by atoms with Gasteiger partial charge in [0, 0.05) is 20.0 Å². The number of benzene rings is 2. The van der Waals surface area contributed by atoms with E-state index in [0.717, 1.165) is 17.7 Å². The van der Waals surface area contributed by atoms with Gasteiger partial charge in [-0.3, -0.25) is 9.59 Å². The number of nitrogens with zero attached hydrogens (tertiary/aromatic N) is 1. The molecule has 0 aliphatic carbocycles. The molecule has 0 aromatic heterocycles. The van der Waals surface area contributed by atoms with Crippen LogP contribution in [0.1, 0.15) is 36.1 Å². The molecular weight excluding hydrogens is 328 g/mol. The second-order valence-corrected chi connectivity index (χ2v) is 6.56. The summed E-state index contributed by atoms with van der Waals surface area (Å²) in [5, 5.41) is 2.90. The van der Waals surface area contributed by atoms with Crippen molar-refractivity contribution < 1.29 is 14.3 Å². The number of ether oxygens (including phenoxy) is 1. The van der Waals surface area contributed by atoms with E-state index in [0.29, 0.717) is 13.1 Å². The summed E-state index contributed by atoms with van der Waals surface area (Å²) >= 11 is 0. The molecule has 1 aliphatic heterocycles. The van der Waals surface area contributed by atoms with Crippen LogP contribution in [-0.2, 0) is 22.6 Å². The third-order valence-electron chi connectivity index (χ3n) is 4.76. The summed E-state index contributed by atoms with van der Waals surface area (Å²) in [5.41, 5.74) is 3.41. The monoisotopic (exact) mass is 352 g/mol. The van der Waals surface area contributed by atoms with E-state index in [9.17, 15) is 9.59 Å². The van der Waals surface area contributed by atoms with Crippen molar-refractivity contribution in [2.45, 2.75) is 32.4 Å². The number of nitrogens with one attached hydrogen (secondary N) is 1. The summed E-state index contributed by atoms with van der Waals surface area (Å²) in [6.45, 7) is 2.81. The van der Waals surface area contributed by atoms with Crippen LogP contribution in [0, 0.1) is 0 Å². The van der Waals surface area contributed by atoms with Gasteiger partial charge in [0.05, 0.1) is 19.6 Å². The second-order valence-electron chi connectivity index (χ2n) is 6.56. The Bertz CT molecular complexity index is 786. The maximum atomic E-state index is 12.8. The van der Waals surface area contributed by atoms with Gasteiger partial charge in [0.25, 0.3) is 0 Å². The average molecular weight is 352 g/mol. The fraction of sp³-hybridized carbons (Fsp3) is 0.333. The number of hydrogen-bond donors (Lipinski definition) is 1. The highest BCUT2D eigenvalue weighted by atomic mass is 16.5. The van der Waals surface area contributed by atoms with Gasteiger partial charge in [0.15, 0.2) is 0 Å². The number of carbonyl (C=O) groups excluding carboxylic acids is 2. The lowest BCUT2D eigenvalue weighted by molar-refractivity contribution is -0.133. The molecule has 1 heterocycles. The van der Waals surface area contributed by atoms with Gasteiger partial charge < -0.3 is 15.0 Å². The van der Waals surface area contributed by atoms with Crippen LogP contribution in [0.2, 0.25) is 0 Å². The highest BCUT2D eigenvalue weighted by Crippen LogP contribution is 2.24. The maximum Gasteiger partial charge on any atom is 0.225 e. The van der Waals surface area contributed by atoms with Crippen molar-refractivity contribution >= 4 is 11.8 Å². The van der Waals surface area contributed by atoms with Crippen molar-refractivity contribution in [1.29, 1.82) is 0 Å². The number of hydrogen-bond acceptors (Lipinski definition) is 3. The highest BCUT2D eigenvalue weighted by Gasteiger charge is 2.24. The standard InChI is InChI=1S/C21H24N2O3/c1-15(24)22-20(17-7-9-19(26-2)10-8-17)13-21(25)23-12-11-16-5-3-4-6-18(16)14-23/h3-10,20H,11-14H2,1-2H3,(H,22,24). The van der Waals surface area contributed by atoms with Crippen LogP contribution in [0.25, 0.3) is 0 Å². The van der Waals surface area contributed by atoms with E-state index in [4.69, 9.17) is 4.74 Å². The topological polar surface area (TPSA) is 58.6 Å². The van der Waals surface area contributed by atoms with Crippen LogP contribution in [0.4, 0.5) is 0 Å². The molecule has 2 aromatic carbocycles. The predicted molar refractivity (Wildman–Crippen MR) is 99.7 cm³/mol. The van der Waals surface area contributed by atoms with Gasteiger partial charge in [-0.2, -0.15) is 0 Å². The Hall–Kier alpha value is -2.82. The Balaban J connectivity index is 1.72. The van der Waals surface area contributed by atoms with Crippen molar-refractivity contribution in [3.63, 3.8) is 0 Å². The molecule has 1 atom stereocenters. The van der Waals surface area contributed by atoms with Gasteiger partial charge in [0.2, 0.25) is 11.8 Å². The maximum absolute atomic E-state index is 12.8. The predicted octanol–water partition coefficient (Wildman–Crippen LogP) is 2.85. The fourth-order valence-corrected chi connectivity index (χ4v) is 3.35. The molecule has 1 N–H and O–H groups in total. The van der Waals surface area contributed by atoms with Gasteiger partial charge in [-0.25, -0.2) is 0 Å². The highest BCUT2D eigenvalue weighted by molar-refractivity contribution is 5.79. The molecule has 0 spiro atoms. The third kappa shape index (κ3) is 4.23. The van der Waals surface area contributed by atoms with Crippen molar-refractivity contribution in [2.75, 3.05) is 13.7 Å². The van der Waals surface area contributed by atoms with E-state index in [-0.39, 0.29) is 24.3 Å². The van der Waals surface area contributed by atoms with Crippen LogP contribution in [0.15, 0.2) is 48.5 Å². The fourth-order valence-electron chi connectivity index (χ4n) is 3.35. The molecular formula is C21H24N2O3. The third-order valence-corrected chi connectivity index (χ3v) is 4.76. The molecule has 2 amide bonds. The normalized spacial score (nSPS) is 14.3. The summed E-state index contributed by atoms with van der Waals surface area (Å²) in [7, 11) is 1.61. The van der Waals surface area contributed by atoms with E-state index >= 15 is 0 Å². The molecule has 1 unspecified atom stereocenters. The molecule has 0 fully saturated rings. The molecule has 0 bridgehead atoms. The van der Waals surface area contributed by atoms with Crippen LogP contribution in [0.3, 0.4) is 0 Å². The van der Waals surface area contributed by atoms with Gasteiger partial charge >= 0.3 is 0 Å². The average Bonchev–Trinajstić information content (AvgIpc) is 2.66. The van der Waals surface area contributed by atoms with E-state index in [1.54, 1.807) is 7.11 Å². The largest absolute Gasteiger partial charge is 0.497 e. The molecule has 0 saturated heterocycles. The lowest BCUT2D eigenvalue weighted by Crippen LogP contribution is -2.38. The van der Waals surface area contributed by atoms with Crippen molar-refractivity contribution in [2.24, 2.45) is 0 Å². The van der Waals surface area contributed by atoms with Crippen LogP contribution >= 0.6 is 0 Å². The number of carbonyl (C=O) groups is 2. The molecule has 5 heteroatoms. The van der Waals surface area contributed by atoms with Crippen LogP contribution in [-0.4, -0.2) is 30.4 Å². The van der Waals surface area contributed by atoms with E-state index in [2.05, 4.69) is 17.4 Å². The van der Waals surface area contributed by atoms with Gasteiger partial charge in [0.1, 0.15) is 5.75 Å². The lowest BCUT2D eigenvalue weighted by atomic mass is 9.98. The first-order valence-corrected chi connectivity index (χ1v) is 8.82. The molecule has 0 saturated carbocycles. The summed E-state index contributed by atoms with van der Waals surface area (Å²) in [4.78, 5) is 26.3. The van der Waals surface area contributed by atoms with Gasteiger partial charge in [-0.05, 0) is 35.2 Å². The molecule has 3 rings (SSSR count). The Morgan fingerprint density at radius 3 is 2.46 bits per heavy atom. The first-order valence-electron chi connectivity index (χ1n) is 8.82. The van der Waals surface area contributed by atoms with E-state index in [1.165, 1.54) is 18.1 Å². The molecule has 136 valence electrons. The Morgan fingerprint density at radius 2 is 1.81 bits per heavy atom. The van der Waals surface area contributed by atoms with Crippen molar-refractivity contribution in [3.05, 3.63) is 65.2 Å². The Morgan fingerprint density at radius 1 is 1.12 bits per heavy atom. The van der Waals surface area contributed by atoms with Crippen LogP contribution < -0.4 is 10.1 Å². The lowest BCUT2D eigenvalue weighted by Gasteiger charge is -2.30. The summed E-state index contributed by atoms with van der Waals surface area (Å²) in [6, 6.07) is 15.3. The second kappa shape index (κ2) is 8.04. The van der Waals surface area contributed by atoms with Crippen molar-refractivity contribution in [3.8, 4) is 5.75 Å². The number of methoxy groups -OCH3 is 1. The zero-order valence-electron chi connectivity index (χ0n) is 15.2. The molecule has 1 aliphatic rings. The summed E-state index contributed by atoms with van der Waals surface area (Å²) < 4.78 is 5.18. The minimum atomic E-state index is -0.344. The first-order chi connectivity index (χ1) is 12.6. The quantitative estimate of drug-likeness (QED) is 0.900. The van der Waals surface area contributed by atoms with Crippen molar-refractivity contribution in [1.82, 2.24) is 10.2 Å². The summed E-state index contributed by atoms with van der Waals surface area (Å²) in [6.07, 6.45) is 1.11. The zero-order valence-corrected chi connectivity index (χ0v) is 15.2. The minimum Gasteiger partial charge on any atom is -0.497 e. The molecule has 0 radical (unpaired) electrons. The van der Waals surface area contributed by atoms with E-state index < -0.39 is 0 Å². The van der Waals surface area contributed by atoms with Gasteiger partial charge in [-0.15, -0.1) is 0 Å². The smallest absolute Gasteiger partial charge is 0.225 e. The molecule has 26 heavy (non-hydrogen) atoms. The number of amides is 2. The molecule has 2 aromatic rings. The Kier molecular flexibility index (Phi) is 5.56. The van der Waals surface area contributed by atoms with Gasteiger partial charge in [-0.1, -0.05) is 36.4 Å². The Labute approximate surface area is 154 Å². The number of fused-ring (bicyclic) bond motifs is 1. The van der Waals surface area contributed by atoms with Crippen LogP contribution in [0.5, 0.6) is 5.75 Å². The summed E-state index contributed by atoms with van der Waals surface area (Å²) in [5.74, 6) is 0.644. The number of rotatable bonds is 5. The van der Waals surface area contributed by atoms with E-state index in [1.807, 2.05) is 41.3 Å². The zero-order chi connectivity index (χ0) is 18.5. The first kappa shape index (κ1) is 18.0.